The number of rotatable bonds is 9. The maximum absolute atomic E-state index is 15.8. The Labute approximate surface area is 223 Å². The minimum atomic E-state index is -4.03. The van der Waals surface area contributed by atoms with E-state index in [4.69, 9.17) is 11.0 Å². The molecule has 0 saturated heterocycles. The normalized spacial score (nSPS) is 25.0. The molecule has 0 bridgehead atoms. The van der Waals surface area contributed by atoms with Crippen molar-refractivity contribution in [3.05, 3.63) is 59.0 Å². The van der Waals surface area contributed by atoms with E-state index in [1.807, 2.05) is 0 Å². The summed E-state index contributed by atoms with van der Waals surface area (Å²) >= 11 is 0. The molecular weight excluding hydrogens is 487 g/mol. The maximum Gasteiger partial charge on any atom is 0.586 e. The molecule has 1 saturated carbocycles. The van der Waals surface area contributed by atoms with E-state index in [1.54, 1.807) is 0 Å². The first-order valence-electron chi connectivity index (χ1n) is 15.5. The van der Waals surface area contributed by atoms with Gasteiger partial charge in [-0.05, 0) is 60.6 Å². The zero-order valence-corrected chi connectivity index (χ0v) is 20.2. The van der Waals surface area contributed by atoms with Gasteiger partial charge in [0, 0.05) is 31.1 Å². The molecule has 1 aliphatic heterocycles. The molecule has 0 spiro atoms. The summed E-state index contributed by atoms with van der Waals surface area (Å²) in [7, 11) is 0. The van der Waals surface area contributed by atoms with Crippen molar-refractivity contribution >= 4 is 16.7 Å². The summed E-state index contributed by atoms with van der Waals surface area (Å²) in [6.45, 7) is 0.443. The lowest BCUT2D eigenvalue weighted by atomic mass is 9.86. The van der Waals surface area contributed by atoms with Crippen LogP contribution in [0, 0.1) is 5.82 Å². The average Bonchev–Trinajstić information content (AvgIpc) is 3.22. The predicted octanol–water partition coefficient (Wildman–Crippen LogP) is 4.99. The molecule has 0 unspecified atom stereocenters. The molecule has 2 N–H and O–H groups in total. The summed E-state index contributed by atoms with van der Waals surface area (Å²) in [5, 5.41) is 20.0. The van der Waals surface area contributed by atoms with E-state index < -0.39 is 85.0 Å². The van der Waals surface area contributed by atoms with Gasteiger partial charge in [-0.1, -0.05) is 26.8 Å². The number of nitrogens with zero attached hydrogens (tertiary/aromatic N) is 1. The summed E-state index contributed by atoms with van der Waals surface area (Å²) in [6.07, 6.45) is -14.5. The third-order valence-corrected chi connectivity index (χ3v) is 6.66. The van der Waals surface area contributed by atoms with Crippen LogP contribution < -0.4 is 9.47 Å². The molecule has 1 aliphatic carbocycles. The number of alkyl halides is 2. The van der Waals surface area contributed by atoms with Gasteiger partial charge in [0.15, 0.2) is 11.5 Å². The lowest BCUT2D eigenvalue weighted by molar-refractivity contribution is -0.286. The van der Waals surface area contributed by atoms with E-state index in [0.29, 0.717) is 0 Å². The van der Waals surface area contributed by atoms with E-state index in [1.165, 1.54) is 26.8 Å². The SMILES string of the molecule is [2H]C([2H])([C@@H](O)CO)n1c(C(C)(C)C([2H])([2H])C)cc2cc(CC(=O)C3(c4ccc5c(c4)OC(F)(F)O5)C([2H])([2H])C3([2H])[2H])c(F)cc21. The summed E-state index contributed by atoms with van der Waals surface area (Å²) in [4.78, 5) is 13.9. The second-order valence-electron chi connectivity index (χ2n) is 9.50. The summed E-state index contributed by atoms with van der Waals surface area (Å²) in [5.41, 5.74) is -4.79. The third-order valence-electron chi connectivity index (χ3n) is 6.66. The first kappa shape index (κ1) is 17.5. The monoisotopic (exact) mass is 525 g/mol. The molecule has 198 valence electrons. The zero-order valence-electron chi connectivity index (χ0n) is 28.2. The number of aromatic nitrogens is 1. The molecule has 1 aromatic heterocycles. The quantitative estimate of drug-likeness (QED) is 0.412. The number of fused-ring (bicyclic) bond motifs is 2. The third kappa shape index (κ3) is 4.48. The molecule has 0 radical (unpaired) electrons. The number of benzene rings is 2. The maximum atomic E-state index is 15.8. The number of hydrogen-bond acceptors (Lipinski definition) is 5. The van der Waals surface area contributed by atoms with Gasteiger partial charge in [-0.15, -0.1) is 8.78 Å². The molecule has 5 rings (SSSR count). The molecule has 6 nitrogen and oxygen atoms in total. The lowest BCUT2D eigenvalue weighted by Crippen LogP contribution is -2.26. The first-order valence-corrected chi connectivity index (χ1v) is 11.5. The van der Waals surface area contributed by atoms with E-state index in [9.17, 15) is 23.8 Å². The number of ether oxygens (including phenoxy) is 2. The topological polar surface area (TPSA) is 80.9 Å². The highest BCUT2D eigenvalue weighted by atomic mass is 19.3. The molecule has 9 heteroatoms. The van der Waals surface area contributed by atoms with E-state index in [-0.39, 0.29) is 27.7 Å². The highest BCUT2D eigenvalue weighted by Crippen LogP contribution is 2.52. The highest BCUT2D eigenvalue weighted by molar-refractivity contribution is 5.95. The number of aliphatic hydroxyl groups excluding tert-OH is 2. The minimum absolute atomic E-state index is 0.00568. The second-order valence-corrected chi connectivity index (χ2v) is 9.50. The molecule has 3 aromatic rings. The van der Waals surface area contributed by atoms with Crippen LogP contribution >= 0.6 is 0 Å². The molecule has 0 amide bonds. The number of aliphatic hydroxyl groups is 2. The number of hydrogen-bond donors (Lipinski definition) is 2. The largest absolute Gasteiger partial charge is 0.586 e. The van der Waals surface area contributed by atoms with E-state index in [0.717, 1.165) is 34.9 Å². The van der Waals surface area contributed by atoms with Gasteiger partial charge in [0.1, 0.15) is 11.6 Å². The molecule has 2 aromatic carbocycles. The van der Waals surface area contributed by atoms with Gasteiger partial charge >= 0.3 is 6.29 Å². The van der Waals surface area contributed by atoms with Crippen LogP contribution in [0.5, 0.6) is 11.5 Å². The van der Waals surface area contributed by atoms with Crippen molar-refractivity contribution < 1.29 is 48.6 Å². The second kappa shape index (κ2) is 8.77. The Balaban J connectivity index is 1.63. The Morgan fingerprint density at radius 3 is 2.57 bits per heavy atom. The Kier molecular flexibility index (Phi) is 4.14. The zero-order chi connectivity index (χ0) is 33.9. The molecule has 1 atom stereocenters. The standard InChI is InChI=1S/C28H30F3NO5/c1-4-26(2,3)24-10-17-9-16(20(29)13-21(17)32(24)14-19(34)15-33)11-25(35)27(7-8-27)18-5-6-22-23(12-18)37-28(30,31)36-22/h5-6,9-10,12-13,19,33-34H,4,7-8,11,14-15H2,1-3H3/t19-/m1/s1/i4D2,7D2,8D2,14D2. The van der Waals surface area contributed by atoms with Crippen molar-refractivity contribution in [2.75, 3.05) is 6.61 Å². The molecule has 2 heterocycles. The van der Waals surface area contributed by atoms with Crippen molar-refractivity contribution in [1.82, 2.24) is 4.57 Å². The van der Waals surface area contributed by atoms with Crippen LogP contribution in [0.4, 0.5) is 13.2 Å². The van der Waals surface area contributed by atoms with Gasteiger partial charge in [-0.3, -0.25) is 4.79 Å². The number of ketones is 1. The number of Topliss-reactive ketones (excluding diaryl/α,β-unsaturated/α-hetero) is 1. The Morgan fingerprint density at radius 1 is 1.22 bits per heavy atom. The van der Waals surface area contributed by atoms with Crippen LogP contribution in [0.1, 0.15) is 67.7 Å². The Morgan fingerprint density at radius 2 is 1.92 bits per heavy atom. The van der Waals surface area contributed by atoms with Gasteiger partial charge in [0.2, 0.25) is 0 Å². The smallest absolute Gasteiger partial charge is 0.395 e. The van der Waals surface area contributed by atoms with Gasteiger partial charge in [0.05, 0.1) is 32.9 Å². The van der Waals surface area contributed by atoms with Crippen molar-refractivity contribution in [3.63, 3.8) is 0 Å². The predicted molar refractivity (Wildman–Crippen MR) is 131 cm³/mol. The minimum Gasteiger partial charge on any atom is -0.395 e. The van der Waals surface area contributed by atoms with Crippen molar-refractivity contribution in [3.8, 4) is 11.5 Å². The van der Waals surface area contributed by atoms with Gasteiger partial charge in [-0.25, -0.2) is 4.39 Å². The fourth-order valence-electron chi connectivity index (χ4n) is 4.32. The molecular formula is C28H30F3NO5. The van der Waals surface area contributed by atoms with Crippen LogP contribution in [0.25, 0.3) is 10.9 Å². The number of carbonyl (C=O) groups is 1. The van der Waals surface area contributed by atoms with Crippen LogP contribution in [0.15, 0.2) is 36.4 Å². The fraction of sp³-hybridized carbons (Fsp3) is 0.464. The lowest BCUT2D eigenvalue weighted by Gasteiger charge is -2.26. The van der Waals surface area contributed by atoms with Crippen LogP contribution in [0.2, 0.25) is 0 Å². The number of carbonyl (C=O) groups excluding carboxylic acids is 1. The summed E-state index contributed by atoms with van der Waals surface area (Å²) < 4.78 is 120. The molecule has 37 heavy (non-hydrogen) atoms. The fourth-order valence-corrected chi connectivity index (χ4v) is 4.32. The van der Waals surface area contributed by atoms with Gasteiger partial charge in [0.25, 0.3) is 0 Å². The van der Waals surface area contributed by atoms with Crippen molar-refractivity contribution in [1.29, 1.82) is 0 Å². The Hall–Kier alpha value is -3.04. The summed E-state index contributed by atoms with van der Waals surface area (Å²) in [6, 6.07) is 6.31. The van der Waals surface area contributed by atoms with E-state index >= 15 is 4.39 Å². The first-order chi connectivity index (χ1) is 20.4. The Bertz CT molecular complexity index is 1710. The van der Waals surface area contributed by atoms with Crippen LogP contribution in [-0.2, 0) is 28.5 Å². The van der Waals surface area contributed by atoms with Crippen LogP contribution in [-0.4, -0.2) is 39.6 Å². The van der Waals surface area contributed by atoms with Crippen LogP contribution in [0.3, 0.4) is 0 Å². The van der Waals surface area contributed by atoms with Crippen molar-refractivity contribution in [2.45, 2.75) is 76.0 Å². The van der Waals surface area contributed by atoms with E-state index in [2.05, 4.69) is 9.47 Å². The summed E-state index contributed by atoms with van der Waals surface area (Å²) in [5.74, 6) is -3.13. The van der Waals surface area contributed by atoms with Gasteiger partial charge in [-0.2, -0.15) is 0 Å². The van der Waals surface area contributed by atoms with Crippen molar-refractivity contribution in [2.24, 2.45) is 0 Å². The number of halogens is 3. The molecule has 1 fully saturated rings. The molecule has 2 aliphatic rings. The average molecular weight is 526 g/mol. The van der Waals surface area contributed by atoms with Gasteiger partial charge < -0.3 is 24.3 Å². The highest BCUT2D eigenvalue weighted by Gasteiger charge is 2.52.